The van der Waals surface area contributed by atoms with Crippen LogP contribution in [0.4, 0.5) is 4.79 Å². The number of nitrogens with one attached hydrogen (secondary N) is 1. The number of benzene rings is 1. The molecule has 0 spiro atoms. The standard InChI is InChI=1S/C26H40N4O4/c1-18-20(23(31)27-12-15-33-25(2,3)4)8-9-22-21(18)17-30(28-22)16-19-10-13-29(14-11-19)24(32)34-26(5,6)7/h8-9,17,19H,10-16H2,1-7H3,(H,27,31). The molecule has 1 aliphatic rings. The van der Waals surface area contributed by atoms with Crippen molar-refractivity contribution < 1.29 is 19.1 Å². The Kier molecular flexibility index (Phi) is 7.91. The number of rotatable bonds is 6. The monoisotopic (exact) mass is 472 g/mol. The lowest BCUT2D eigenvalue weighted by atomic mass is 9.97. The summed E-state index contributed by atoms with van der Waals surface area (Å²) < 4.78 is 13.1. The van der Waals surface area contributed by atoms with Gasteiger partial charge in [-0.15, -0.1) is 0 Å². The highest BCUT2D eigenvalue weighted by molar-refractivity contribution is 6.00. The lowest BCUT2D eigenvalue weighted by Crippen LogP contribution is -2.42. The first-order valence-electron chi connectivity index (χ1n) is 12.2. The number of hydrogen-bond acceptors (Lipinski definition) is 5. The largest absolute Gasteiger partial charge is 0.444 e. The number of carbonyl (C=O) groups excluding carboxylic acids is 2. The molecule has 2 heterocycles. The summed E-state index contributed by atoms with van der Waals surface area (Å²) >= 11 is 0. The first kappa shape index (κ1) is 26.0. The molecule has 34 heavy (non-hydrogen) atoms. The highest BCUT2D eigenvalue weighted by Gasteiger charge is 2.27. The second-order valence-electron chi connectivity index (χ2n) is 11.1. The van der Waals surface area contributed by atoms with E-state index in [4.69, 9.17) is 14.6 Å². The fourth-order valence-corrected chi connectivity index (χ4v) is 4.13. The first-order chi connectivity index (χ1) is 15.8. The second kappa shape index (κ2) is 10.3. The van der Waals surface area contributed by atoms with Gasteiger partial charge in [-0.05, 0) is 84.9 Å². The van der Waals surface area contributed by atoms with Gasteiger partial charge in [0.2, 0.25) is 0 Å². The van der Waals surface area contributed by atoms with Crippen LogP contribution in [0.1, 0.15) is 70.3 Å². The molecule has 1 aliphatic heterocycles. The summed E-state index contributed by atoms with van der Waals surface area (Å²) in [4.78, 5) is 26.8. The van der Waals surface area contributed by atoms with Crippen molar-refractivity contribution in [2.75, 3.05) is 26.2 Å². The number of likely N-dealkylation sites (tertiary alicyclic amines) is 1. The van der Waals surface area contributed by atoms with Gasteiger partial charge in [0.05, 0.1) is 17.7 Å². The van der Waals surface area contributed by atoms with Crippen molar-refractivity contribution in [3.8, 4) is 0 Å². The van der Waals surface area contributed by atoms with Gasteiger partial charge in [-0.1, -0.05) is 0 Å². The lowest BCUT2D eigenvalue weighted by molar-refractivity contribution is -0.000669. The molecule has 1 aromatic heterocycles. The number of hydrogen-bond donors (Lipinski definition) is 1. The van der Waals surface area contributed by atoms with Gasteiger partial charge in [-0.2, -0.15) is 5.10 Å². The summed E-state index contributed by atoms with van der Waals surface area (Å²) in [5.41, 5.74) is 1.78. The molecular formula is C26H40N4O4. The predicted molar refractivity (Wildman–Crippen MR) is 133 cm³/mol. The fraction of sp³-hybridized carbons (Fsp3) is 0.654. The summed E-state index contributed by atoms with van der Waals surface area (Å²) in [5, 5.41) is 8.67. The molecule has 1 fully saturated rings. The molecule has 2 aromatic rings. The fourth-order valence-electron chi connectivity index (χ4n) is 4.13. The van der Waals surface area contributed by atoms with E-state index in [2.05, 4.69) is 5.32 Å². The number of aryl methyl sites for hydroxylation is 1. The van der Waals surface area contributed by atoms with Crippen LogP contribution in [-0.2, 0) is 16.0 Å². The van der Waals surface area contributed by atoms with E-state index in [1.165, 1.54) is 0 Å². The minimum atomic E-state index is -0.475. The number of carbonyl (C=O) groups is 2. The van der Waals surface area contributed by atoms with Gasteiger partial charge in [0.1, 0.15) is 5.60 Å². The molecule has 188 valence electrons. The van der Waals surface area contributed by atoms with Gasteiger partial charge in [-0.25, -0.2) is 4.79 Å². The Morgan fingerprint density at radius 3 is 2.38 bits per heavy atom. The topological polar surface area (TPSA) is 85.7 Å². The Morgan fingerprint density at radius 2 is 1.76 bits per heavy atom. The van der Waals surface area contributed by atoms with Crippen LogP contribution < -0.4 is 5.32 Å². The van der Waals surface area contributed by atoms with Crippen molar-refractivity contribution in [2.45, 2.75) is 79.1 Å². The summed E-state index contributed by atoms with van der Waals surface area (Å²) in [6, 6.07) is 3.75. The molecule has 1 aromatic carbocycles. The van der Waals surface area contributed by atoms with Crippen LogP contribution in [0, 0.1) is 12.8 Å². The van der Waals surface area contributed by atoms with Crippen molar-refractivity contribution in [1.82, 2.24) is 20.0 Å². The molecule has 3 rings (SSSR count). The van der Waals surface area contributed by atoms with Crippen molar-refractivity contribution in [3.63, 3.8) is 0 Å². The van der Waals surface area contributed by atoms with Gasteiger partial charge >= 0.3 is 6.09 Å². The predicted octanol–water partition coefficient (Wildman–Crippen LogP) is 4.54. The van der Waals surface area contributed by atoms with Gasteiger partial charge in [0.15, 0.2) is 0 Å². The SMILES string of the molecule is Cc1c(C(=O)NCCOC(C)(C)C)ccc2nn(CC3CCN(C(=O)OC(C)(C)C)CC3)cc12. The summed E-state index contributed by atoms with van der Waals surface area (Å²) in [5.74, 6) is 0.345. The molecule has 2 amide bonds. The molecule has 8 heteroatoms. The zero-order chi connectivity index (χ0) is 25.1. The number of amides is 2. The molecule has 1 N–H and O–H groups in total. The smallest absolute Gasteiger partial charge is 0.410 e. The zero-order valence-corrected chi connectivity index (χ0v) is 21.7. The summed E-state index contributed by atoms with van der Waals surface area (Å²) in [6.45, 7) is 16.7. The van der Waals surface area contributed by atoms with Crippen LogP contribution >= 0.6 is 0 Å². The Labute approximate surface area is 203 Å². The summed E-state index contributed by atoms with van der Waals surface area (Å²) in [7, 11) is 0. The molecule has 8 nitrogen and oxygen atoms in total. The van der Waals surface area contributed by atoms with E-state index in [1.807, 2.05) is 71.5 Å². The van der Waals surface area contributed by atoms with E-state index in [0.29, 0.717) is 37.7 Å². The van der Waals surface area contributed by atoms with Gasteiger partial charge in [0, 0.05) is 43.3 Å². The minimum Gasteiger partial charge on any atom is -0.444 e. The van der Waals surface area contributed by atoms with E-state index in [9.17, 15) is 9.59 Å². The Morgan fingerprint density at radius 1 is 1.09 bits per heavy atom. The van der Waals surface area contributed by atoms with E-state index < -0.39 is 5.60 Å². The average Bonchev–Trinajstić information content (AvgIpc) is 3.13. The van der Waals surface area contributed by atoms with Gasteiger partial charge < -0.3 is 19.7 Å². The second-order valence-corrected chi connectivity index (χ2v) is 11.1. The van der Waals surface area contributed by atoms with Crippen molar-refractivity contribution in [2.24, 2.45) is 5.92 Å². The molecule has 0 atom stereocenters. The van der Waals surface area contributed by atoms with E-state index >= 15 is 0 Å². The Bertz CT molecular complexity index is 1010. The molecular weight excluding hydrogens is 432 g/mol. The minimum absolute atomic E-state index is 0.0980. The van der Waals surface area contributed by atoms with Crippen molar-refractivity contribution >= 4 is 22.9 Å². The van der Waals surface area contributed by atoms with Gasteiger partial charge in [0.25, 0.3) is 5.91 Å². The maximum Gasteiger partial charge on any atom is 0.410 e. The van der Waals surface area contributed by atoms with Crippen LogP contribution in [0.2, 0.25) is 0 Å². The van der Waals surface area contributed by atoms with Crippen molar-refractivity contribution in [3.05, 3.63) is 29.5 Å². The quantitative estimate of drug-likeness (QED) is 0.624. The van der Waals surface area contributed by atoms with Crippen LogP contribution in [0.5, 0.6) is 0 Å². The highest BCUT2D eigenvalue weighted by atomic mass is 16.6. The normalized spacial score (nSPS) is 15.6. The maximum atomic E-state index is 12.7. The molecule has 0 unspecified atom stereocenters. The number of nitrogens with zero attached hydrogens (tertiary/aromatic N) is 3. The Hall–Kier alpha value is -2.61. The highest BCUT2D eigenvalue weighted by Crippen LogP contribution is 2.24. The third-order valence-electron chi connectivity index (χ3n) is 5.88. The van der Waals surface area contributed by atoms with Gasteiger partial charge in [-0.3, -0.25) is 9.48 Å². The maximum absolute atomic E-state index is 12.7. The third-order valence-corrected chi connectivity index (χ3v) is 5.88. The summed E-state index contributed by atoms with van der Waals surface area (Å²) in [6.07, 6.45) is 3.63. The van der Waals surface area contributed by atoms with Crippen LogP contribution in [0.15, 0.2) is 18.3 Å². The van der Waals surface area contributed by atoms with Crippen LogP contribution in [-0.4, -0.2) is 64.1 Å². The molecule has 0 bridgehead atoms. The molecule has 0 saturated carbocycles. The number of aromatic nitrogens is 2. The lowest BCUT2D eigenvalue weighted by Gasteiger charge is -2.33. The number of fused-ring (bicyclic) bond motifs is 1. The third kappa shape index (κ3) is 7.19. The van der Waals surface area contributed by atoms with E-state index in [0.717, 1.165) is 35.9 Å². The van der Waals surface area contributed by atoms with Crippen molar-refractivity contribution in [1.29, 1.82) is 0 Å². The zero-order valence-electron chi connectivity index (χ0n) is 21.7. The average molecular weight is 473 g/mol. The molecule has 0 aliphatic carbocycles. The first-order valence-corrected chi connectivity index (χ1v) is 12.2. The Balaban J connectivity index is 1.57. The molecule has 0 radical (unpaired) electrons. The van der Waals surface area contributed by atoms with Crippen LogP contribution in [0.3, 0.4) is 0 Å². The number of piperidine rings is 1. The van der Waals surface area contributed by atoms with E-state index in [1.54, 1.807) is 4.90 Å². The van der Waals surface area contributed by atoms with Crippen LogP contribution in [0.25, 0.3) is 10.9 Å². The molecule has 1 saturated heterocycles. The number of ether oxygens (including phenoxy) is 2. The van der Waals surface area contributed by atoms with E-state index in [-0.39, 0.29) is 17.6 Å².